The van der Waals surface area contributed by atoms with Crippen LogP contribution in [-0.2, 0) is 9.47 Å². The highest BCUT2D eigenvalue weighted by Gasteiger charge is 2.66. The summed E-state index contributed by atoms with van der Waals surface area (Å²) in [4.78, 5) is 14.0. The average Bonchev–Trinajstić information content (AvgIpc) is 2.94. The van der Waals surface area contributed by atoms with E-state index in [1.54, 1.807) is 0 Å². The smallest absolute Gasteiger partial charge is 0.410 e. The summed E-state index contributed by atoms with van der Waals surface area (Å²) in [5, 5.41) is 0. The second kappa shape index (κ2) is 3.62. The molecule has 3 aliphatic rings. The molecular formula is C14H23NO3. The minimum Gasteiger partial charge on any atom is -0.444 e. The Morgan fingerprint density at radius 2 is 1.94 bits per heavy atom. The lowest BCUT2D eigenvalue weighted by atomic mass is 9.58. The van der Waals surface area contributed by atoms with Crippen molar-refractivity contribution in [2.45, 2.75) is 57.7 Å². The molecule has 0 aromatic carbocycles. The van der Waals surface area contributed by atoms with Gasteiger partial charge in [-0.1, -0.05) is 6.42 Å². The Kier molecular flexibility index (Phi) is 2.47. The lowest BCUT2D eigenvalue weighted by molar-refractivity contribution is -0.0617. The van der Waals surface area contributed by atoms with Crippen LogP contribution < -0.4 is 0 Å². The number of piperidine rings is 1. The molecule has 4 heteroatoms. The van der Waals surface area contributed by atoms with Crippen LogP contribution in [0.1, 0.15) is 46.5 Å². The van der Waals surface area contributed by atoms with Gasteiger partial charge in [0.2, 0.25) is 0 Å². The van der Waals surface area contributed by atoms with E-state index < -0.39 is 5.60 Å². The van der Waals surface area contributed by atoms with E-state index >= 15 is 0 Å². The van der Waals surface area contributed by atoms with Crippen LogP contribution in [0, 0.1) is 5.41 Å². The molecule has 3 rings (SSSR count). The second-order valence-electron chi connectivity index (χ2n) is 7.07. The zero-order chi connectivity index (χ0) is 13.0. The van der Waals surface area contributed by atoms with Crippen molar-refractivity contribution in [1.29, 1.82) is 0 Å². The summed E-state index contributed by atoms with van der Waals surface area (Å²) in [7, 11) is 0. The molecule has 2 heterocycles. The van der Waals surface area contributed by atoms with Crippen LogP contribution in [0.2, 0.25) is 0 Å². The van der Waals surface area contributed by atoms with Gasteiger partial charge in [0.05, 0.1) is 6.61 Å². The van der Waals surface area contributed by atoms with Crippen LogP contribution >= 0.6 is 0 Å². The van der Waals surface area contributed by atoms with Crippen molar-refractivity contribution in [3.63, 3.8) is 0 Å². The zero-order valence-electron chi connectivity index (χ0n) is 11.6. The van der Waals surface area contributed by atoms with E-state index in [2.05, 4.69) is 0 Å². The van der Waals surface area contributed by atoms with Crippen molar-refractivity contribution >= 4 is 6.09 Å². The monoisotopic (exact) mass is 253 g/mol. The Balaban J connectivity index is 1.67. The molecule has 1 aliphatic carbocycles. The third kappa shape index (κ3) is 1.81. The highest BCUT2D eigenvalue weighted by atomic mass is 16.6. The van der Waals surface area contributed by atoms with Gasteiger partial charge in [-0.3, -0.25) is 0 Å². The number of amides is 1. The molecule has 0 aromatic heterocycles. The molecule has 3 fully saturated rings. The number of ether oxygens (including phenoxy) is 2. The molecular weight excluding hydrogens is 230 g/mol. The number of likely N-dealkylation sites (tertiary alicyclic amines) is 1. The van der Waals surface area contributed by atoms with E-state index in [0.717, 1.165) is 26.1 Å². The molecule has 1 unspecified atom stereocenters. The third-order valence-corrected chi connectivity index (χ3v) is 4.70. The van der Waals surface area contributed by atoms with Gasteiger partial charge in [0, 0.05) is 18.5 Å². The molecule has 0 N–H and O–H groups in total. The highest BCUT2D eigenvalue weighted by molar-refractivity contribution is 5.68. The SMILES string of the molecule is CC(C)(C)OC(=O)N1CCC2(CO2)C2(CCC2)C1. The number of carbonyl (C=O) groups is 1. The average molecular weight is 253 g/mol. The summed E-state index contributed by atoms with van der Waals surface area (Å²) in [6.45, 7) is 8.24. The molecule has 0 aromatic rings. The quantitative estimate of drug-likeness (QED) is 0.623. The normalized spacial score (nSPS) is 33.4. The van der Waals surface area contributed by atoms with Crippen LogP contribution in [0.3, 0.4) is 0 Å². The summed E-state index contributed by atoms with van der Waals surface area (Å²) >= 11 is 0. The Morgan fingerprint density at radius 3 is 2.39 bits per heavy atom. The fourth-order valence-electron chi connectivity index (χ4n) is 3.41. The van der Waals surface area contributed by atoms with Crippen molar-refractivity contribution in [3.05, 3.63) is 0 Å². The Labute approximate surface area is 109 Å². The van der Waals surface area contributed by atoms with Crippen molar-refractivity contribution in [2.24, 2.45) is 5.41 Å². The van der Waals surface area contributed by atoms with Crippen molar-refractivity contribution < 1.29 is 14.3 Å². The van der Waals surface area contributed by atoms with Crippen LogP contribution in [0.25, 0.3) is 0 Å². The first-order valence-corrected chi connectivity index (χ1v) is 6.98. The standard InChI is InChI=1S/C14H23NO3/c1-12(2,3)18-11(16)15-8-7-14(10-17-14)13(9-15)5-4-6-13/h4-10H2,1-3H3. The molecule has 2 saturated heterocycles. The van der Waals surface area contributed by atoms with Gasteiger partial charge in [-0.15, -0.1) is 0 Å². The van der Waals surface area contributed by atoms with E-state index in [4.69, 9.17) is 9.47 Å². The van der Waals surface area contributed by atoms with Crippen LogP contribution in [0.5, 0.6) is 0 Å². The summed E-state index contributed by atoms with van der Waals surface area (Å²) in [5.41, 5.74) is -0.0546. The number of hydrogen-bond acceptors (Lipinski definition) is 3. The number of rotatable bonds is 0. The Bertz CT molecular complexity index is 364. The molecule has 1 amide bonds. The van der Waals surface area contributed by atoms with Gasteiger partial charge < -0.3 is 14.4 Å². The number of hydrogen-bond donors (Lipinski definition) is 0. The maximum atomic E-state index is 12.1. The van der Waals surface area contributed by atoms with Gasteiger partial charge in [-0.05, 0) is 40.0 Å². The van der Waals surface area contributed by atoms with Gasteiger partial charge >= 0.3 is 6.09 Å². The molecule has 0 radical (unpaired) electrons. The van der Waals surface area contributed by atoms with Gasteiger partial charge in [0.15, 0.2) is 0 Å². The number of carbonyl (C=O) groups excluding carboxylic acids is 1. The van der Waals surface area contributed by atoms with Crippen LogP contribution in [0.15, 0.2) is 0 Å². The number of fused-ring (bicyclic) bond motifs is 1. The van der Waals surface area contributed by atoms with Gasteiger partial charge in [0.1, 0.15) is 11.2 Å². The van der Waals surface area contributed by atoms with E-state index in [1.165, 1.54) is 19.3 Å². The molecule has 4 nitrogen and oxygen atoms in total. The van der Waals surface area contributed by atoms with Gasteiger partial charge in [-0.2, -0.15) is 0 Å². The Morgan fingerprint density at radius 1 is 1.28 bits per heavy atom. The number of epoxide rings is 1. The van der Waals surface area contributed by atoms with Crippen molar-refractivity contribution in [3.8, 4) is 0 Å². The van der Waals surface area contributed by atoms with Crippen molar-refractivity contribution in [1.82, 2.24) is 4.90 Å². The second-order valence-corrected chi connectivity index (χ2v) is 7.07. The molecule has 2 aliphatic heterocycles. The molecule has 2 spiro atoms. The van der Waals surface area contributed by atoms with Gasteiger partial charge in [0.25, 0.3) is 0 Å². The topological polar surface area (TPSA) is 42.1 Å². The minimum absolute atomic E-state index is 0.115. The summed E-state index contributed by atoms with van der Waals surface area (Å²) in [5.74, 6) is 0. The summed E-state index contributed by atoms with van der Waals surface area (Å²) in [6.07, 6.45) is 4.49. The Hall–Kier alpha value is -0.770. The van der Waals surface area contributed by atoms with E-state index in [-0.39, 0.29) is 17.1 Å². The summed E-state index contributed by atoms with van der Waals surface area (Å²) in [6, 6.07) is 0. The molecule has 18 heavy (non-hydrogen) atoms. The van der Waals surface area contributed by atoms with E-state index in [0.29, 0.717) is 0 Å². The first-order valence-electron chi connectivity index (χ1n) is 6.98. The maximum absolute atomic E-state index is 12.1. The molecule has 1 saturated carbocycles. The molecule has 0 bridgehead atoms. The first-order chi connectivity index (χ1) is 8.36. The van der Waals surface area contributed by atoms with E-state index in [9.17, 15) is 4.79 Å². The minimum atomic E-state index is -0.408. The maximum Gasteiger partial charge on any atom is 0.410 e. The predicted octanol–water partition coefficient (Wildman–Crippen LogP) is 2.57. The lowest BCUT2D eigenvalue weighted by Gasteiger charge is -2.52. The first kappa shape index (κ1) is 12.3. The lowest BCUT2D eigenvalue weighted by Crippen LogP contribution is -2.59. The fourth-order valence-corrected chi connectivity index (χ4v) is 3.41. The summed E-state index contributed by atoms with van der Waals surface area (Å²) < 4.78 is 11.2. The van der Waals surface area contributed by atoms with Crippen LogP contribution in [-0.4, -0.2) is 41.9 Å². The third-order valence-electron chi connectivity index (χ3n) is 4.70. The highest BCUT2D eigenvalue weighted by Crippen LogP contribution is 2.60. The fraction of sp³-hybridized carbons (Fsp3) is 0.929. The van der Waals surface area contributed by atoms with Crippen molar-refractivity contribution in [2.75, 3.05) is 19.7 Å². The predicted molar refractivity (Wildman–Crippen MR) is 67.4 cm³/mol. The molecule has 102 valence electrons. The van der Waals surface area contributed by atoms with Gasteiger partial charge in [-0.25, -0.2) is 4.79 Å². The zero-order valence-corrected chi connectivity index (χ0v) is 11.6. The largest absolute Gasteiger partial charge is 0.444 e. The number of nitrogens with zero attached hydrogens (tertiary/aromatic N) is 1. The molecule has 1 atom stereocenters. The van der Waals surface area contributed by atoms with Crippen LogP contribution in [0.4, 0.5) is 4.79 Å². The van der Waals surface area contributed by atoms with E-state index in [1.807, 2.05) is 25.7 Å².